The van der Waals surface area contributed by atoms with Crippen LogP contribution in [0.1, 0.15) is 6.42 Å². The van der Waals surface area contributed by atoms with Crippen molar-refractivity contribution in [1.29, 1.82) is 0 Å². The third kappa shape index (κ3) is 3.61. The third-order valence-electron chi connectivity index (χ3n) is 4.11. The number of hydrogen-bond donors (Lipinski definition) is 0. The molecule has 0 atom stereocenters. The standard InChI is InChI=1S/C15H20N4O4S2/c1-17-13-15(12-16-17)25(22,23)19-9-5-8-18(10-11-19)24(20,21)14-6-3-2-4-7-14/h2-4,6-7,12-13H,5,8-11H2,1H3. The summed E-state index contributed by atoms with van der Waals surface area (Å²) >= 11 is 0. The lowest BCUT2D eigenvalue weighted by Crippen LogP contribution is -2.37. The molecule has 0 amide bonds. The molecule has 8 nitrogen and oxygen atoms in total. The number of aromatic nitrogens is 2. The summed E-state index contributed by atoms with van der Waals surface area (Å²) in [6.45, 7) is 0.800. The summed E-state index contributed by atoms with van der Waals surface area (Å²) in [5, 5.41) is 3.90. The second kappa shape index (κ2) is 6.87. The molecule has 1 aliphatic rings. The highest BCUT2D eigenvalue weighted by atomic mass is 32.2. The van der Waals surface area contributed by atoms with Gasteiger partial charge in [-0.2, -0.15) is 13.7 Å². The first-order chi connectivity index (χ1) is 11.8. The van der Waals surface area contributed by atoms with Gasteiger partial charge in [0.1, 0.15) is 4.90 Å². The largest absolute Gasteiger partial charge is 0.274 e. The Bertz CT molecular complexity index is 939. The molecule has 0 spiro atoms. The Labute approximate surface area is 147 Å². The first-order valence-corrected chi connectivity index (χ1v) is 10.7. The van der Waals surface area contributed by atoms with Crippen LogP contribution in [0, 0.1) is 0 Å². The first kappa shape index (κ1) is 18.1. The van der Waals surface area contributed by atoms with E-state index in [0.29, 0.717) is 6.42 Å². The van der Waals surface area contributed by atoms with Gasteiger partial charge in [0.2, 0.25) is 20.0 Å². The Morgan fingerprint density at radius 2 is 1.40 bits per heavy atom. The number of benzene rings is 1. The summed E-state index contributed by atoms with van der Waals surface area (Å²) < 4.78 is 54.9. The maximum Gasteiger partial charge on any atom is 0.246 e. The molecule has 0 bridgehead atoms. The molecule has 0 aliphatic carbocycles. The molecule has 2 heterocycles. The Morgan fingerprint density at radius 3 is 1.92 bits per heavy atom. The van der Waals surface area contributed by atoms with Crippen molar-refractivity contribution in [2.75, 3.05) is 26.2 Å². The number of hydrogen-bond acceptors (Lipinski definition) is 5. The Balaban J connectivity index is 1.79. The van der Waals surface area contributed by atoms with Crippen LogP contribution in [0.3, 0.4) is 0 Å². The monoisotopic (exact) mass is 384 g/mol. The maximum absolute atomic E-state index is 12.7. The van der Waals surface area contributed by atoms with E-state index >= 15 is 0 Å². The zero-order valence-electron chi connectivity index (χ0n) is 13.8. The van der Waals surface area contributed by atoms with Gasteiger partial charge in [-0.15, -0.1) is 0 Å². The number of rotatable bonds is 4. The lowest BCUT2D eigenvalue weighted by Gasteiger charge is -2.21. The second-order valence-electron chi connectivity index (χ2n) is 5.82. The third-order valence-corrected chi connectivity index (χ3v) is 7.88. The minimum Gasteiger partial charge on any atom is -0.274 e. The lowest BCUT2D eigenvalue weighted by molar-refractivity contribution is 0.404. The van der Waals surface area contributed by atoms with Crippen LogP contribution >= 0.6 is 0 Å². The van der Waals surface area contributed by atoms with E-state index in [1.54, 1.807) is 37.4 Å². The average molecular weight is 384 g/mol. The van der Waals surface area contributed by atoms with Gasteiger partial charge in [0, 0.05) is 39.4 Å². The van der Waals surface area contributed by atoms with Gasteiger partial charge in [0.25, 0.3) is 0 Å². The SMILES string of the molecule is Cn1cc(S(=O)(=O)N2CCCN(S(=O)(=O)c3ccccc3)CC2)cn1. The molecule has 1 aromatic heterocycles. The van der Waals surface area contributed by atoms with Crippen LogP contribution in [0.2, 0.25) is 0 Å². The zero-order chi connectivity index (χ0) is 18.1. The van der Waals surface area contributed by atoms with Crippen molar-refractivity contribution in [3.63, 3.8) is 0 Å². The van der Waals surface area contributed by atoms with Gasteiger partial charge in [-0.25, -0.2) is 16.8 Å². The van der Waals surface area contributed by atoms with Crippen molar-refractivity contribution >= 4 is 20.0 Å². The predicted molar refractivity (Wildman–Crippen MR) is 91.8 cm³/mol. The molecule has 0 N–H and O–H groups in total. The molecular formula is C15H20N4O4S2. The summed E-state index contributed by atoms with van der Waals surface area (Å²) in [4.78, 5) is 0.341. The molecule has 25 heavy (non-hydrogen) atoms. The number of sulfonamides is 2. The van der Waals surface area contributed by atoms with E-state index in [1.807, 2.05) is 0 Å². The van der Waals surface area contributed by atoms with E-state index in [2.05, 4.69) is 5.10 Å². The van der Waals surface area contributed by atoms with Gasteiger partial charge in [-0.05, 0) is 18.6 Å². The smallest absolute Gasteiger partial charge is 0.246 e. The van der Waals surface area contributed by atoms with Crippen LogP contribution in [0.4, 0.5) is 0 Å². The fourth-order valence-corrected chi connectivity index (χ4v) is 5.72. The summed E-state index contributed by atoms with van der Waals surface area (Å²) in [6, 6.07) is 8.19. The van der Waals surface area contributed by atoms with Gasteiger partial charge in [0.05, 0.1) is 11.1 Å². The normalized spacial score (nSPS) is 18.1. The van der Waals surface area contributed by atoms with Crippen molar-refractivity contribution < 1.29 is 16.8 Å². The topological polar surface area (TPSA) is 92.6 Å². The van der Waals surface area contributed by atoms with Gasteiger partial charge >= 0.3 is 0 Å². The van der Waals surface area contributed by atoms with Crippen molar-refractivity contribution in [1.82, 2.24) is 18.4 Å². The first-order valence-electron chi connectivity index (χ1n) is 7.86. The van der Waals surface area contributed by atoms with E-state index in [-0.39, 0.29) is 36.0 Å². The van der Waals surface area contributed by atoms with Gasteiger partial charge in [0.15, 0.2) is 0 Å². The van der Waals surface area contributed by atoms with Gasteiger partial charge < -0.3 is 0 Å². The molecule has 3 rings (SSSR count). The molecule has 10 heteroatoms. The highest BCUT2D eigenvalue weighted by molar-refractivity contribution is 7.89. The summed E-state index contributed by atoms with van der Waals surface area (Å²) in [7, 11) is -5.64. The van der Waals surface area contributed by atoms with Gasteiger partial charge in [-0.1, -0.05) is 18.2 Å². The average Bonchev–Trinajstić information content (AvgIpc) is 2.88. The summed E-state index contributed by atoms with van der Waals surface area (Å²) in [5.41, 5.74) is 0. The van der Waals surface area contributed by atoms with Crippen LogP contribution in [0.25, 0.3) is 0 Å². The van der Waals surface area contributed by atoms with Crippen molar-refractivity contribution in [2.24, 2.45) is 7.05 Å². The van der Waals surface area contributed by atoms with Gasteiger partial charge in [-0.3, -0.25) is 4.68 Å². The minimum atomic E-state index is -3.67. The fourth-order valence-electron chi connectivity index (χ4n) is 2.77. The Hall–Kier alpha value is -1.75. The number of nitrogens with zero attached hydrogens (tertiary/aromatic N) is 4. The molecule has 136 valence electrons. The molecule has 1 saturated heterocycles. The molecule has 0 radical (unpaired) electrons. The molecule has 1 aromatic carbocycles. The molecule has 1 aliphatic heterocycles. The predicted octanol–water partition coefficient (Wildman–Crippen LogP) is 0.505. The highest BCUT2D eigenvalue weighted by Crippen LogP contribution is 2.21. The van der Waals surface area contributed by atoms with Crippen LogP contribution in [-0.4, -0.2) is 61.4 Å². The van der Waals surface area contributed by atoms with Crippen LogP contribution < -0.4 is 0 Å². The van der Waals surface area contributed by atoms with Crippen LogP contribution in [-0.2, 0) is 27.1 Å². The van der Waals surface area contributed by atoms with Crippen molar-refractivity contribution in [3.05, 3.63) is 42.7 Å². The zero-order valence-corrected chi connectivity index (χ0v) is 15.4. The van der Waals surface area contributed by atoms with E-state index < -0.39 is 20.0 Å². The number of aryl methyl sites for hydroxylation is 1. The second-order valence-corrected chi connectivity index (χ2v) is 9.70. The van der Waals surface area contributed by atoms with E-state index in [9.17, 15) is 16.8 Å². The van der Waals surface area contributed by atoms with E-state index in [1.165, 1.54) is 25.7 Å². The van der Waals surface area contributed by atoms with E-state index in [0.717, 1.165) is 0 Å². The molecule has 1 fully saturated rings. The maximum atomic E-state index is 12.7. The molecule has 2 aromatic rings. The fraction of sp³-hybridized carbons (Fsp3) is 0.400. The Morgan fingerprint density at radius 1 is 0.840 bits per heavy atom. The minimum absolute atomic E-state index is 0.114. The molecule has 0 saturated carbocycles. The van der Waals surface area contributed by atoms with Crippen molar-refractivity contribution in [3.8, 4) is 0 Å². The van der Waals surface area contributed by atoms with Crippen LogP contribution in [0.15, 0.2) is 52.5 Å². The molecule has 0 unspecified atom stereocenters. The molecular weight excluding hydrogens is 364 g/mol. The van der Waals surface area contributed by atoms with Crippen LogP contribution in [0.5, 0.6) is 0 Å². The van der Waals surface area contributed by atoms with Crippen molar-refractivity contribution in [2.45, 2.75) is 16.2 Å². The lowest BCUT2D eigenvalue weighted by atomic mass is 10.4. The Kier molecular flexibility index (Phi) is 4.96. The quantitative estimate of drug-likeness (QED) is 0.766. The van der Waals surface area contributed by atoms with E-state index in [4.69, 9.17) is 0 Å². The summed E-state index contributed by atoms with van der Waals surface area (Å²) in [5.74, 6) is 0. The summed E-state index contributed by atoms with van der Waals surface area (Å²) in [6.07, 6.45) is 3.18. The highest BCUT2D eigenvalue weighted by Gasteiger charge is 2.32.